The average Bonchev–Trinajstić information content (AvgIpc) is 2.68. The first-order valence-electron chi connectivity index (χ1n) is 8.63. The standard InChI is InChI=1S/C19H21NO8/c1-9-2-4-12-11(6-9)16(23)10(8-27-12)3-5-14(22)20-15-18(25)17(24)13(7-21)28-19(15)26/h2-6,8,13,15,17-19,21,24-26H,7H2,1H3,(H,20,22)/b5-3+/t13-,15?,17?,18-,19?/m1/s1. The van der Waals surface area contributed by atoms with Crippen LogP contribution in [-0.2, 0) is 9.53 Å². The Morgan fingerprint density at radius 3 is 2.71 bits per heavy atom. The number of aliphatic hydroxyl groups excluding tert-OH is 4. The summed E-state index contributed by atoms with van der Waals surface area (Å²) in [7, 11) is 0. The Morgan fingerprint density at radius 1 is 1.25 bits per heavy atom. The van der Waals surface area contributed by atoms with E-state index in [1.54, 1.807) is 12.1 Å². The number of carbonyl (C=O) groups is 1. The molecule has 1 aliphatic heterocycles. The lowest BCUT2D eigenvalue weighted by Gasteiger charge is -2.40. The molecular weight excluding hydrogens is 370 g/mol. The highest BCUT2D eigenvalue weighted by Crippen LogP contribution is 2.20. The Morgan fingerprint density at radius 2 is 2.00 bits per heavy atom. The molecule has 9 nitrogen and oxygen atoms in total. The number of rotatable bonds is 4. The maximum absolute atomic E-state index is 12.5. The number of benzene rings is 1. The van der Waals surface area contributed by atoms with E-state index >= 15 is 0 Å². The highest BCUT2D eigenvalue weighted by Gasteiger charge is 2.44. The van der Waals surface area contributed by atoms with Gasteiger partial charge in [0.15, 0.2) is 11.7 Å². The minimum atomic E-state index is -1.62. The van der Waals surface area contributed by atoms with Gasteiger partial charge in [-0.25, -0.2) is 0 Å². The minimum Gasteiger partial charge on any atom is -0.463 e. The van der Waals surface area contributed by atoms with Crippen LogP contribution in [-0.4, -0.2) is 63.6 Å². The predicted octanol–water partition coefficient (Wildman–Crippen LogP) is -0.969. The second kappa shape index (κ2) is 8.21. The molecule has 5 atom stereocenters. The molecule has 2 aromatic rings. The van der Waals surface area contributed by atoms with Gasteiger partial charge in [0, 0.05) is 6.08 Å². The number of hydrogen-bond acceptors (Lipinski definition) is 8. The second-order valence-corrected chi connectivity index (χ2v) is 6.62. The van der Waals surface area contributed by atoms with Crippen molar-refractivity contribution in [2.24, 2.45) is 0 Å². The SMILES string of the molecule is Cc1ccc2occ(/C=C/C(=O)NC3C(O)O[C@H](CO)C(O)[C@@H]3O)c(=O)c2c1. The van der Waals surface area contributed by atoms with Gasteiger partial charge in [0.25, 0.3) is 0 Å². The molecule has 1 fully saturated rings. The van der Waals surface area contributed by atoms with Crippen molar-refractivity contribution in [2.45, 2.75) is 37.6 Å². The Hall–Kier alpha value is -2.56. The minimum absolute atomic E-state index is 0.148. The van der Waals surface area contributed by atoms with Gasteiger partial charge >= 0.3 is 0 Å². The maximum Gasteiger partial charge on any atom is 0.244 e. The molecule has 0 aliphatic carbocycles. The van der Waals surface area contributed by atoms with E-state index in [0.717, 1.165) is 11.6 Å². The molecular formula is C19H21NO8. The van der Waals surface area contributed by atoms with Crippen LogP contribution in [0.1, 0.15) is 11.1 Å². The third-order valence-corrected chi connectivity index (χ3v) is 4.58. The summed E-state index contributed by atoms with van der Waals surface area (Å²) in [6.07, 6.45) is -2.31. The van der Waals surface area contributed by atoms with Crippen LogP contribution in [0.2, 0.25) is 0 Å². The van der Waals surface area contributed by atoms with Crippen molar-refractivity contribution >= 4 is 23.0 Å². The van der Waals surface area contributed by atoms with Crippen LogP contribution in [0.4, 0.5) is 0 Å². The van der Waals surface area contributed by atoms with Crippen molar-refractivity contribution in [1.29, 1.82) is 0 Å². The third-order valence-electron chi connectivity index (χ3n) is 4.58. The Balaban J connectivity index is 1.74. The first-order valence-corrected chi connectivity index (χ1v) is 8.63. The molecule has 28 heavy (non-hydrogen) atoms. The number of nitrogens with one attached hydrogen (secondary N) is 1. The molecule has 1 aliphatic rings. The summed E-state index contributed by atoms with van der Waals surface area (Å²) in [5.74, 6) is -0.731. The average molecular weight is 391 g/mol. The van der Waals surface area contributed by atoms with E-state index in [-0.39, 0.29) is 11.0 Å². The van der Waals surface area contributed by atoms with Crippen LogP contribution in [0.5, 0.6) is 0 Å². The summed E-state index contributed by atoms with van der Waals surface area (Å²) in [5, 5.41) is 41.5. The molecule has 1 saturated heterocycles. The smallest absolute Gasteiger partial charge is 0.244 e. The molecule has 150 valence electrons. The van der Waals surface area contributed by atoms with Gasteiger partial charge in [-0.2, -0.15) is 0 Å². The lowest BCUT2D eigenvalue weighted by molar-refractivity contribution is -0.253. The first kappa shape index (κ1) is 20.2. The van der Waals surface area contributed by atoms with E-state index in [1.165, 1.54) is 12.3 Å². The Bertz CT molecular complexity index is 953. The predicted molar refractivity (Wildman–Crippen MR) is 98.2 cm³/mol. The van der Waals surface area contributed by atoms with Gasteiger partial charge in [-0.3, -0.25) is 9.59 Å². The van der Waals surface area contributed by atoms with Gasteiger partial charge in [-0.1, -0.05) is 11.6 Å². The van der Waals surface area contributed by atoms with E-state index in [0.29, 0.717) is 11.0 Å². The number of aryl methyl sites for hydroxylation is 1. The lowest BCUT2D eigenvalue weighted by atomic mass is 9.97. The summed E-state index contributed by atoms with van der Waals surface area (Å²) >= 11 is 0. The van der Waals surface area contributed by atoms with E-state index < -0.39 is 43.2 Å². The number of carbonyl (C=O) groups excluding carboxylic acids is 1. The molecule has 3 unspecified atom stereocenters. The maximum atomic E-state index is 12.5. The molecule has 2 heterocycles. The van der Waals surface area contributed by atoms with Crippen LogP contribution < -0.4 is 10.7 Å². The summed E-state index contributed by atoms with van der Waals surface area (Å²) in [5.41, 5.74) is 1.15. The van der Waals surface area contributed by atoms with Crippen molar-refractivity contribution in [3.63, 3.8) is 0 Å². The highest BCUT2D eigenvalue weighted by molar-refractivity contribution is 5.92. The van der Waals surface area contributed by atoms with Crippen molar-refractivity contribution < 1.29 is 34.4 Å². The summed E-state index contributed by atoms with van der Waals surface area (Å²) in [4.78, 5) is 24.6. The Labute approximate surface area is 159 Å². The van der Waals surface area contributed by atoms with Crippen LogP contribution in [0.3, 0.4) is 0 Å². The van der Waals surface area contributed by atoms with Gasteiger partial charge in [0.2, 0.25) is 5.91 Å². The van der Waals surface area contributed by atoms with Crippen LogP contribution >= 0.6 is 0 Å². The number of aliphatic hydroxyl groups is 4. The molecule has 0 bridgehead atoms. The molecule has 5 N–H and O–H groups in total. The fourth-order valence-electron chi connectivity index (χ4n) is 3.01. The summed E-state index contributed by atoms with van der Waals surface area (Å²) in [6.45, 7) is 1.24. The first-order chi connectivity index (χ1) is 13.3. The van der Waals surface area contributed by atoms with Gasteiger partial charge < -0.3 is 34.9 Å². The van der Waals surface area contributed by atoms with Crippen molar-refractivity contribution in [3.8, 4) is 0 Å². The van der Waals surface area contributed by atoms with Crippen LogP contribution in [0.25, 0.3) is 17.0 Å². The zero-order chi connectivity index (χ0) is 20.4. The molecule has 1 aromatic heterocycles. The quantitative estimate of drug-likeness (QED) is 0.418. The fourth-order valence-corrected chi connectivity index (χ4v) is 3.01. The number of ether oxygens (including phenoxy) is 1. The Kier molecular flexibility index (Phi) is 5.92. The number of hydrogen-bond donors (Lipinski definition) is 5. The zero-order valence-electron chi connectivity index (χ0n) is 15.0. The molecule has 9 heteroatoms. The van der Waals surface area contributed by atoms with Gasteiger partial charge in [-0.15, -0.1) is 0 Å². The molecule has 3 rings (SSSR count). The van der Waals surface area contributed by atoms with Gasteiger partial charge in [0.1, 0.15) is 36.2 Å². The van der Waals surface area contributed by atoms with E-state index in [4.69, 9.17) is 14.3 Å². The summed E-state index contributed by atoms with van der Waals surface area (Å²) < 4.78 is 10.4. The van der Waals surface area contributed by atoms with E-state index in [2.05, 4.69) is 5.32 Å². The second-order valence-electron chi connectivity index (χ2n) is 6.62. The molecule has 0 saturated carbocycles. The summed E-state index contributed by atoms with van der Waals surface area (Å²) in [6, 6.07) is 3.87. The normalized spacial score (nSPS) is 28.0. The van der Waals surface area contributed by atoms with Crippen molar-refractivity contribution in [1.82, 2.24) is 5.32 Å². The van der Waals surface area contributed by atoms with Crippen LogP contribution in [0, 0.1) is 6.92 Å². The fraction of sp³-hybridized carbons (Fsp3) is 0.368. The molecule has 1 amide bonds. The van der Waals surface area contributed by atoms with Gasteiger partial charge in [0.05, 0.1) is 17.6 Å². The monoisotopic (exact) mass is 391 g/mol. The number of amides is 1. The lowest BCUT2D eigenvalue weighted by Crippen LogP contribution is -2.64. The van der Waals surface area contributed by atoms with Crippen molar-refractivity contribution in [3.05, 3.63) is 51.9 Å². The molecule has 0 radical (unpaired) electrons. The topological polar surface area (TPSA) is 149 Å². The van der Waals surface area contributed by atoms with E-state index in [9.17, 15) is 24.9 Å². The largest absolute Gasteiger partial charge is 0.463 e. The zero-order valence-corrected chi connectivity index (χ0v) is 15.0. The number of fused-ring (bicyclic) bond motifs is 1. The van der Waals surface area contributed by atoms with Crippen molar-refractivity contribution in [2.75, 3.05) is 6.61 Å². The van der Waals surface area contributed by atoms with Gasteiger partial charge in [-0.05, 0) is 25.1 Å². The molecule has 0 spiro atoms. The third kappa shape index (κ3) is 3.98. The highest BCUT2D eigenvalue weighted by atomic mass is 16.6. The molecule has 1 aromatic carbocycles. The van der Waals surface area contributed by atoms with E-state index in [1.807, 2.05) is 13.0 Å². The van der Waals surface area contributed by atoms with Crippen LogP contribution in [0.15, 0.2) is 39.7 Å².